The Balaban J connectivity index is 1.81. The van der Waals surface area contributed by atoms with Gasteiger partial charge in [-0.2, -0.15) is 0 Å². The van der Waals surface area contributed by atoms with Crippen LogP contribution in [0.3, 0.4) is 0 Å². The first kappa shape index (κ1) is 15.5. The lowest BCUT2D eigenvalue weighted by Crippen LogP contribution is -2.43. The van der Waals surface area contributed by atoms with E-state index in [1.807, 2.05) is 0 Å². The maximum atomic E-state index is 13.3. The second-order valence-corrected chi connectivity index (χ2v) is 7.34. The number of carbonyl (C=O) groups is 1. The standard InChI is InChI=1S/C20H27NO/c1-15(2)7-8-20(9-11-21-12-10-20)19(22)18-13-16-5-3-4-6-17(16)14-18/h3-6,13,15,21H,7-12,14H2,1-2H3. The number of benzene rings is 1. The predicted octanol–water partition coefficient (Wildman–Crippen LogP) is 4.00. The van der Waals surface area contributed by atoms with Crippen LogP contribution in [0.5, 0.6) is 0 Å². The molecule has 0 saturated carbocycles. The summed E-state index contributed by atoms with van der Waals surface area (Å²) in [6.45, 7) is 6.46. The average molecular weight is 297 g/mol. The third-order valence-electron chi connectivity index (χ3n) is 5.30. The number of fused-ring (bicyclic) bond motifs is 1. The molecule has 1 heterocycles. The number of piperidine rings is 1. The van der Waals surface area contributed by atoms with Crippen molar-refractivity contribution in [1.29, 1.82) is 0 Å². The molecule has 118 valence electrons. The Hall–Kier alpha value is -1.41. The van der Waals surface area contributed by atoms with Crippen molar-refractivity contribution in [2.75, 3.05) is 13.1 Å². The predicted molar refractivity (Wildman–Crippen MR) is 91.7 cm³/mol. The van der Waals surface area contributed by atoms with Crippen molar-refractivity contribution in [1.82, 2.24) is 5.32 Å². The van der Waals surface area contributed by atoms with Gasteiger partial charge in [0, 0.05) is 17.4 Å². The molecule has 22 heavy (non-hydrogen) atoms. The highest BCUT2D eigenvalue weighted by molar-refractivity contribution is 6.05. The van der Waals surface area contributed by atoms with Gasteiger partial charge in [-0.25, -0.2) is 0 Å². The molecule has 1 aromatic rings. The lowest BCUT2D eigenvalue weighted by atomic mass is 9.69. The van der Waals surface area contributed by atoms with E-state index >= 15 is 0 Å². The van der Waals surface area contributed by atoms with Gasteiger partial charge in [-0.15, -0.1) is 0 Å². The monoisotopic (exact) mass is 297 g/mol. The van der Waals surface area contributed by atoms with Crippen LogP contribution in [0, 0.1) is 11.3 Å². The van der Waals surface area contributed by atoms with Crippen LogP contribution >= 0.6 is 0 Å². The number of Topliss-reactive ketones (excluding diaryl/α,β-unsaturated/α-hetero) is 1. The van der Waals surface area contributed by atoms with Crippen LogP contribution < -0.4 is 5.32 Å². The van der Waals surface area contributed by atoms with Gasteiger partial charge < -0.3 is 5.32 Å². The van der Waals surface area contributed by atoms with Crippen LogP contribution in [-0.2, 0) is 11.2 Å². The molecular formula is C20H27NO. The van der Waals surface area contributed by atoms with Crippen LogP contribution in [-0.4, -0.2) is 18.9 Å². The number of allylic oxidation sites excluding steroid dienone is 1. The van der Waals surface area contributed by atoms with E-state index in [4.69, 9.17) is 0 Å². The molecular weight excluding hydrogens is 270 g/mol. The smallest absolute Gasteiger partial charge is 0.165 e. The Labute approximate surface area is 134 Å². The summed E-state index contributed by atoms with van der Waals surface area (Å²) in [6, 6.07) is 8.40. The number of rotatable bonds is 5. The molecule has 0 aromatic heterocycles. The molecule has 1 aromatic carbocycles. The molecule has 0 bridgehead atoms. The molecule has 2 aliphatic rings. The fraction of sp³-hybridized carbons (Fsp3) is 0.550. The summed E-state index contributed by atoms with van der Waals surface area (Å²) in [5, 5.41) is 3.42. The molecule has 1 saturated heterocycles. The number of ketones is 1. The number of nitrogens with one attached hydrogen (secondary N) is 1. The Morgan fingerprint density at radius 1 is 1.23 bits per heavy atom. The highest BCUT2D eigenvalue weighted by Gasteiger charge is 2.41. The van der Waals surface area contributed by atoms with Gasteiger partial charge in [0.1, 0.15) is 0 Å². The Morgan fingerprint density at radius 3 is 2.64 bits per heavy atom. The van der Waals surface area contributed by atoms with Crippen molar-refractivity contribution >= 4 is 11.9 Å². The number of hydrogen-bond acceptors (Lipinski definition) is 2. The van der Waals surface area contributed by atoms with Crippen LogP contribution in [0.4, 0.5) is 0 Å². The van der Waals surface area contributed by atoms with Gasteiger partial charge in [0.2, 0.25) is 0 Å². The largest absolute Gasteiger partial charge is 0.317 e. The zero-order valence-electron chi connectivity index (χ0n) is 13.8. The van der Waals surface area contributed by atoms with Crippen LogP contribution in [0.1, 0.15) is 50.7 Å². The molecule has 1 fully saturated rings. The van der Waals surface area contributed by atoms with E-state index in [0.717, 1.165) is 50.8 Å². The van der Waals surface area contributed by atoms with E-state index < -0.39 is 0 Å². The van der Waals surface area contributed by atoms with Gasteiger partial charge in [-0.05, 0) is 55.5 Å². The maximum absolute atomic E-state index is 13.3. The zero-order valence-corrected chi connectivity index (χ0v) is 13.8. The topological polar surface area (TPSA) is 29.1 Å². The van der Waals surface area contributed by atoms with E-state index in [9.17, 15) is 4.79 Å². The van der Waals surface area contributed by atoms with E-state index in [-0.39, 0.29) is 5.41 Å². The van der Waals surface area contributed by atoms with Crippen molar-refractivity contribution in [3.8, 4) is 0 Å². The fourth-order valence-electron chi connectivity index (χ4n) is 3.83. The van der Waals surface area contributed by atoms with Crippen LogP contribution in [0.25, 0.3) is 6.08 Å². The third-order valence-corrected chi connectivity index (χ3v) is 5.30. The van der Waals surface area contributed by atoms with Gasteiger partial charge >= 0.3 is 0 Å². The van der Waals surface area contributed by atoms with Crippen molar-refractivity contribution in [3.63, 3.8) is 0 Å². The maximum Gasteiger partial charge on any atom is 0.165 e. The Kier molecular flexibility index (Phi) is 4.49. The second kappa shape index (κ2) is 6.37. The first-order valence-corrected chi connectivity index (χ1v) is 8.65. The van der Waals surface area contributed by atoms with E-state index in [0.29, 0.717) is 11.7 Å². The highest BCUT2D eigenvalue weighted by atomic mass is 16.1. The summed E-state index contributed by atoms with van der Waals surface area (Å²) in [7, 11) is 0. The Bertz CT molecular complexity index is 579. The highest BCUT2D eigenvalue weighted by Crippen LogP contribution is 2.40. The molecule has 2 nitrogen and oxygen atoms in total. The van der Waals surface area contributed by atoms with Crippen LogP contribution in [0.15, 0.2) is 29.8 Å². The molecule has 1 N–H and O–H groups in total. The SMILES string of the molecule is CC(C)CCC1(C(=O)C2=Cc3ccccc3C2)CCNCC1. The van der Waals surface area contributed by atoms with Crippen molar-refractivity contribution in [2.24, 2.45) is 11.3 Å². The first-order valence-electron chi connectivity index (χ1n) is 8.65. The average Bonchev–Trinajstić information content (AvgIpc) is 2.97. The zero-order chi connectivity index (χ0) is 15.6. The van der Waals surface area contributed by atoms with Gasteiger partial charge in [0.15, 0.2) is 5.78 Å². The van der Waals surface area contributed by atoms with Crippen molar-refractivity contribution in [3.05, 3.63) is 41.0 Å². The summed E-state index contributed by atoms with van der Waals surface area (Å²) < 4.78 is 0. The lowest BCUT2D eigenvalue weighted by Gasteiger charge is -2.37. The summed E-state index contributed by atoms with van der Waals surface area (Å²) in [4.78, 5) is 13.3. The summed E-state index contributed by atoms with van der Waals surface area (Å²) >= 11 is 0. The van der Waals surface area contributed by atoms with E-state index in [2.05, 4.69) is 49.5 Å². The summed E-state index contributed by atoms with van der Waals surface area (Å²) in [5.41, 5.74) is 3.45. The molecule has 0 atom stereocenters. The minimum atomic E-state index is -0.122. The molecule has 0 unspecified atom stereocenters. The molecule has 2 heteroatoms. The van der Waals surface area contributed by atoms with Crippen molar-refractivity contribution in [2.45, 2.75) is 46.0 Å². The van der Waals surface area contributed by atoms with E-state index in [1.165, 1.54) is 11.1 Å². The molecule has 3 rings (SSSR count). The molecule has 0 amide bonds. The minimum Gasteiger partial charge on any atom is -0.317 e. The van der Waals surface area contributed by atoms with Gasteiger partial charge in [0.25, 0.3) is 0 Å². The fourth-order valence-corrected chi connectivity index (χ4v) is 3.83. The van der Waals surface area contributed by atoms with Crippen LogP contribution in [0.2, 0.25) is 0 Å². The quantitative estimate of drug-likeness (QED) is 0.890. The molecule has 0 radical (unpaired) electrons. The Morgan fingerprint density at radius 2 is 1.95 bits per heavy atom. The molecule has 1 aliphatic carbocycles. The number of carbonyl (C=O) groups excluding carboxylic acids is 1. The first-order chi connectivity index (χ1) is 10.6. The normalized spacial score (nSPS) is 19.9. The third kappa shape index (κ3) is 3.03. The summed E-state index contributed by atoms with van der Waals surface area (Å²) in [5.74, 6) is 1.08. The van der Waals surface area contributed by atoms with Crippen molar-refractivity contribution < 1.29 is 4.79 Å². The minimum absolute atomic E-state index is 0.122. The lowest BCUT2D eigenvalue weighted by molar-refractivity contribution is -0.127. The van der Waals surface area contributed by atoms with Gasteiger partial charge in [-0.1, -0.05) is 44.5 Å². The second-order valence-electron chi connectivity index (χ2n) is 7.34. The number of hydrogen-bond donors (Lipinski definition) is 1. The molecule has 1 aliphatic heterocycles. The van der Waals surface area contributed by atoms with Gasteiger partial charge in [-0.3, -0.25) is 4.79 Å². The molecule has 0 spiro atoms. The van der Waals surface area contributed by atoms with E-state index in [1.54, 1.807) is 0 Å². The summed E-state index contributed by atoms with van der Waals surface area (Å²) in [6.07, 6.45) is 7.13. The van der Waals surface area contributed by atoms with Gasteiger partial charge in [0.05, 0.1) is 0 Å².